The van der Waals surface area contributed by atoms with Crippen LogP contribution in [0.25, 0.3) is 11.1 Å². The van der Waals surface area contributed by atoms with Crippen molar-refractivity contribution in [3.05, 3.63) is 60.2 Å². The number of benzene rings is 2. The SMILES string of the molecule is N#CCN1C(O)CC[C@H]1Cc1ccc(-c2ccccc2)cc1. The van der Waals surface area contributed by atoms with Crippen LogP contribution < -0.4 is 0 Å². The molecule has 1 fully saturated rings. The molecule has 1 N–H and O–H groups in total. The third-order valence-corrected chi connectivity index (χ3v) is 4.40. The molecule has 1 heterocycles. The van der Waals surface area contributed by atoms with Crippen LogP contribution in [0.3, 0.4) is 0 Å². The topological polar surface area (TPSA) is 47.3 Å². The van der Waals surface area contributed by atoms with Gasteiger partial charge >= 0.3 is 0 Å². The summed E-state index contributed by atoms with van der Waals surface area (Å²) in [6.45, 7) is 0.300. The van der Waals surface area contributed by atoms with Gasteiger partial charge in [-0.25, -0.2) is 0 Å². The predicted octanol–water partition coefficient (Wildman–Crippen LogP) is 3.20. The molecule has 2 aromatic rings. The number of hydrogen-bond donors (Lipinski definition) is 1. The van der Waals surface area contributed by atoms with Crippen molar-refractivity contribution in [3.8, 4) is 17.2 Å². The molecular weight excluding hydrogens is 272 g/mol. The van der Waals surface area contributed by atoms with E-state index < -0.39 is 6.23 Å². The summed E-state index contributed by atoms with van der Waals surface area (Å²) < 4.78 is 0. The van der Waals surface area contributed by atoms with Crippen LogP contribution in [0.4, 0.5) is 0 Å². The van der Waals surface area contributed by atoms with Crippen LogP contribution in [0.1, 0.15) is 18.4 Å². The first-order valence-electron chi connectivity index (χ1n) is 7.73. The summed E-state index contributed by atoms with van der Waals surface area (Å²) in [5.41, 5.74) is 3.68. The zero-order valence-electron chi connectivity index (χ0n) is 12.5. The van der Waals surface area contributed by atoms with Crippen LogP contribution in [0.15, 0.2) is 54.6 Å². The summed E-state index contributed by atoms with van der Waals surface area (Å²) in [6.07, 6.45) is 2.12. The van der Waals surface area contributed by atoms with E-state index in [2.05, 4.69) is 42.5 Å². The summed E-state index contributed by atoms with van der Waals surface area (Å²) in [5.74, 6) is 0. The van der Waals surface area contributed by atoms with Crippen LogP contribution in [-0.4, -0.2) is 28.8 Å². The van der Waals surface area contributed by atoms with E-state index in [1.165, 1.54) is 16.7 Å². The van der Waals surface area contributed by atoms with Crippen molar-refractivity contribution in [1.82, 2.24) is 4.90 Å². The Kier molecular flexibility index (Phi) is 4.53. The minimum atomic E-state index is -0.465. The first-order chi connectivity index (χ1) is 10.8. The summed E-state index contributed by atoms with van der Waals surface area (Å²) in [4.78, 5) is 1.91. The molecule has 2 aromatic carbocycles. The highest BCUT2D eigenvalue weighted by atomic mass is 16.3. The molecule has 0 spiro atoms. The van der Waals surface area contributed by atoms with Crippen molar-refractivity contribution in [2.24, 2.45) is 0 Å². The number of likely N-dealkylation sites (tertiary alicyclic amines) is 1. The fourth-order valence-corrected chi connectivity index (χ4v) is 3.19. The van der Waals surface area contributed by atoms with Gasteiger partial charge in [-0.05, 0) is 36.0 Å². The molecule has 0 amide bonds. The molecule has 0 saturated carbocycles. The highest BCUT2D eigenvalue weighted by molar-refractivity contribution is 5.63. The molecule has 2 atom stereocenters. The molecule has 0 radical (unpaired) electrons. The summed E-state index contributed by atoms with van der Waals surface area (Å²) in [5, 5.41) is 18.8. The number of rotatable bonds is 4. The Labute approximate surface area is 131 Å². The van der Waals surface area contributed by atoms with Gasteiger partial charge in [0.1, 0.15) is 6.23 Å². The molecule has 3 heteroatoms. The van der Waals surface area contributed by atoms with Gasteiger partial charge < -0.3 is 5.11 Å². The van der Waals surface area contributed by atoms with E-state index in [1.807, 2.05) is 23.1 Å². The van der Waals surface area contributed by atoms with Gasteiger partial charge in [0.15, 0.2) is 0 Å². The first kappa shape index (κ1) is 14.8. The molecule has 0 aromatic heterocycles. The van der Waals surface area contributed by atoms with Crippen LogP contribution in [0, 0.1) is 11.3 Å². The molecule has 0 bridgehead atoms. The Morgan fingerprint density at radius 3 is 2.36 bits per heavy atom. The van der Waals surface area contributed by atoms with Gasteiger partial charge in [0, 0.05) is 6.04 Å². The predicted molar refractivity (Wildman–Crippen MR) is 86.9 cm³/mol. The number of aliphatic hydroxyl groups excluding tert-OH is 1. The van der Waals surface area contributed by atoms with Crippen molar-refractivity contribution in [2.75, 3.05) is 6.54 Å². The van der Waals surface area contributed by atoms with Gasteiger partial charge in [-0.2, -0.15) is 5.26 Å². The van der Waals surface area contributed by atoms with E-state index >= 15 is 0 Å². The van der Waals surface area contributed by atoms with E-state index in [1.54, 1.807) is 0 Å². The minimum Gasteiger partial charge on any atom is -0.378 e. The van der Waals surface area contributed by atoms with Crippen LogP contribution >= 0.6 is 0 Å². The Balaban J connectivity index is 1.70. The highest BCUT2D eigenvalue weighted by Gasteiger charge is 2.31. The monoisotopic (exact) mass is 292 g/mol. The lowest BCUT2D eigenvalue weighted by molar-refractivity contribution is 0.0274. The van der Waals surface area contributed by atoms with Crippen molar-refractivity contribution >= 4 is 0 Å². The summed E-state index contributed by atoms with van der Waals surface area (Å²) in [7, 11) is 0. The molecular formula is C19H20N2O. The Morgan fingerprint density at radius 2 is 1.68 bits per heavy atom. The fraction of sp³-hybridized carbons (Fsp3) is 0.316. The van der Waals surface area contributed by atoms with Crippen LogP contribution in [-0.2, 0) is 6.42 Å². The summed E-state index contributed by atoms with van der Waals surface area (Å²) in [6, 6.07) is 21.3. The van der Waals surface area contributed by atoms with Crippen LogP contribution in [0.2, 0.25) is 0 Å². The molecule has 0 aliphatic carbocycles. The average molecular weight is 292 g/mol. The lowest BCUT2D eigenvalue weighted by atomic mass is 10.00. The smallest absolute Gasteiger partial charge is 0.108 e. The van der Waals surface area contributed by atoms with Crippen molar-refractivity contribution < 1.29 is 5.11 Å². The van der Waals surface area contributed by atoms with E-state index in [9.17, 15) is 5.11 Å². The van der Waals surface area contributed by atoms with Crippen LogP contribution in [0.5, 0.6) is 0 Å². The zero-order chi connectivity index (χ0) is 15.4. The molecule has 3 nitrogen and oxygen atoms in total. The molecule has 1 aliphatic rings. The molecule has 112 valence electrons. The van der Waals surface area contributed by atoms with E-state index in [4.69, 9.17) is 5.26 Å². The second-order valence-corrected chi connectivity index (χ2v) is 5.81. The number of nitriles is 1. The molecule has 1 aliphatic heterocycles. The second kappa shape index (κ2) is 6.74. The van der Waals surface area contributed by atoms with Crippen molar-refractivity contribution in [3.63, 3.8) is 0 Å². The summed E-state index contributed by atoms with van der Waals surface area (Å²) >= 11 is 0. The number of hydrogen-bond acceptors (Lipinski definition) is 3. The van der Waals surface area contributed by atoms with E-state index in [-0.39, 0.29) is 6.04 Å². The second-order valence-electron chi connectivity index (χ2n) is 5.81. The maximum absolute atomic E-state index is 9.94. The first-order valence-corrected chi connectivity index (χ1v) is 7.73. The quantitative estimate of drug-likeness (QED) is 0.880. The van der Waals surface area contributed by atoms with Gasteiger partial charge in [-0.15, -0.1) is 0 Å². The third-order valence-electron chi connectivity index (χ3n) is 4.40. The van der Waals surface area contributed by atoms with Gasteiger partial charge in [-0.1, -0.05) is 54.6 Å². The van der Waals surface area contributed by atoms with Gasteiger partial charge in [0.2, 0.25) is 0 Å². The average Bonchev–Trinajstić information content (AvgIpc) is 2.90. The lowest BCUT2D eigenvalue weighted by Gasteiger charge is -2.24. The van der Waals surface area contributed by atoms with E-state index in [0.717, 1.165) is 19.3 Å². The zero-order valence-corrected chi connectivity index (χ0v) is 12.5. The van der Waals surface area contributed by atoms with Gasteiger partial charge in [-0.3, -0.25) is 4.90 Å². The molecule has 3 rings (SSSR count). The largest absolute Gasteiger partial charge is 0.378 e. The maximum atomic E-state index is 9.94. The number of aliphatic hydroxyl groups is 1. The van der Waals surface area contributed by atoms with Crippen molar-refractivity contribution in [2.45, 2.75) is 31.5 Å². The lowest BCUT2D eigenvalue weighted by Crippen LogP contribution is -2.37. The highest BCUT2D eigenvalue weighted by Crippen LogP contribution is 2.26. The number of nitrogens with zero attached hydrogens (tertiary/aromatic N) is 2. The maximum Gasteiger partial charge on any atom is 0.108 e. The van der Waals surface area contributed by atoms with E-state index in [0.29, 0.717) is 6.54 Å². The standard InChI is InChI=1S/C19H20N2O/c20-12-13-21-18(10-11-19(21)22)14-15-6-8-17(9-7-15)16-4-2-1-3-5-16/h1-9,18-19,22H,10-11,13-14H2/t18-,19?/m0/s1. The normalized spacial score (nSPS) is 21.6. The Hall–Kier alpha value is -2.15. The van der Waals surface area contributed by atoms with Gasteiger partial charge in [0.05, 0.1) is 12.6 Å². The fourth-order valence-electron chi connectivity index (χ4n) is 3.19. The van der Waals surface area contributed by atoms with Crippen molar-refractivity contribution in [1.29, 1.82) is 5.26 Å². The Bertz CT molecular complexity index is 645. The van der Waals surface area contributed by atoms with Gasteiger partial charge in [0.25, 0.3) is 0 Å². The molecule has 1 unspecified atom stereocenters. The molecule has 22 heavy (non-hydrogen) atoms. The minimum absolute atomic E-state index is 0.261. The molecule has 1 saturated heterocycles. The Morgan fingerprint density at radius 1 is 1.00 bits per heavy atom. The third kappa shape index (κ3) is 3.19.